The zero-order chi connectivity index (χ0) is 54.6. The number of aliphatic hydroxyl groups excluding tert-OH is 2. The van der Waals surface area contributed by atoms with Gasteiger partial charge in [-0.2, -0.15) is 0 Å². The first-order valence-electron chi connectivity index (χ1n) is 26.7. The molecular formula is C58H85BrN2O10S2Si. The molecule has 0 saturated carbocycles. The number of benzene rings is 2. The number of halogens is 1. The molecule has 2 amide bonds. The van der Waals surface area contributed by atoms with Gasteiger partial charge in [-0.25, -0.2) is 9.59 Å². The first-order valence-corrected chi connectivity index (χ1v) is 32.3. The molecule has 2 aromatic heterocycles. The number of unbranched alkanes of at least 4 members (excludes halogenated alkanes) is 4. The van der Waals surface area contributed by atoms with Gasteiger partial charge in [0, 0.05) is 39.3 Å². The maximum atomic E-state index is 12.5. The van der Waals surface area contributed by atoms with Gasteiger partial charge in [0.1, 0.15) is 9.75 Å². The van der Waals surface area contributed by atoms with Gasteiger partial charge < -0.3 is 38.6 Å². The van der Waals surface area contributed by atoms with Crippen molar-refractivity contribution < 1.29 is 48.0 Å². The Morgan fingerprint density at radius 1 is 0.703 bits per heavy atom. The van der Waals surface area contributed by atoms with E-state index in [-0.39, 0.29) is 65.8 Å². The lowest BCUT2D eigenvalue weighted by molar-refractivity contribution is -0.118. The Morgan fingerprint density at radius 2 is 1.18 bits per heavy atom. The van der Waals surface area contributed by atoms with Crippen molar-refractivity contribution in [2.75, 3.05) is 23.0 Å². The second kappa shape index (κ2) is 30.9. The zero-order valence-corrected chi connectivity index (χ0v) is 50.2. The fourth-order valence-corrected chi connectivity index (χ4v) is 11.8. The van der Waals surface area contributed by atoms with Crippen molar-refractivity contribution >= 4 is 82.0 Å². The van der Waals surface area contributed by atoms with E-state index < -0.39 is 14.4 Å². The van der Waals surface area contributed by atoms with Gasteiger partial charge in [-0.15, -0.1) is 22.7 Å². The normalized spacial score (nSPS) is 16.8. The molecule has 2 saturated heterocycles. The second-order valence-corrected chi connectivity index (χ2v) is 28.9. The van der Waals surface area contributed by atoms with Crippen LogP contribution in [0.2, 0.25) is 18.1 Å². The highest BCUT2D eigenvalue weighted by Gasteiger charge is 2.40. The molecule has 2 N–H and O–H groups in total. The van der Waals surface area contributed by atoms with E-state index in [4.69, 9.17) is 18.6 Å². The van der Waals surface area contributed by atoms with Crippen LogP contribution in [0.25, 0.3) is 0 Å². The Bertz CT molecular complexity index is 2330. The first kappa shape index (κ1) is 62.8. The number of thiophene rings is 2. The van der Waals surface area contributed by atoms with Gasteiger partial charge in [0.15, 0.2) is 8.32 Å². The van der Waals surface area contributed by atoms with Gasteiger partial charge >= 0.3 is 11.9 Å². The molecule has 1 unspecified atom stereocenters. The van der Waals surface area contributed by atoms with Crippen LogP contribution in [-0.4, -0.2) is 79.8 Å². The van der Waals surface area contributed by atoms with Gasteiger partial charge in [-0.05, 0) is 131 Å². The molecule has 2 fully saturated rings. The number of anilines is 2. The smallest absolute Gasteiger partial charge is 0.348 e. The van der Waals surface area contributed by atoms with Crippen molar-refractivity contribution in [1.82, 2.24) is 0 Å². The molecule has 0 spiro atoms. The van der Waals surface area contributed by atoms with Crippen LogP contribution >= 0.6 is 38.6 Å². The number of rotatable bonds is 24. The van der Waals surface area contributed by atoms with Crippen molar-refractivity contribution in [3.8, 4) is 0 Å². The molecule has 4 atom stereocenters. The average Bonchev–Trinajstić information content (AvgIpc) is 4.19. The fourth-order valence-electron chi connectivity index (χ4n) is 8.36. The molecule has 0 bridgehead atoms. The number of esters is 2. The molecule has 2 aliphatic rings. The third-order valence-corrected chi connectivity index (χ3v) is 21.0. The highest BCUT2D eigenvalue weighted by molar-refractivity contribution is 9.08. The minimum Gasteiger partial charge on any atom is -0.459 e. The van der Waals surface area contributed by atoms with E-state index in [9.17, 15) is 29.4 Å². The van der Waals surface area contributed by atoms with Crippen LogP contribution in [0.3, 0.4) is 0 Å². The predicted octanol–water partition coefficient (Wildman–Crippen LogP) is 14.7. The van der Waals surface area contributed by atoms with Gasteiger partial charge in [0.05, 0.1) is 56.3 Å². The van der Waals surface area contributed by atoms with E-state index in [1.807, 2.05) is 81.1 Å². The Morgan fingerprint density at radius 3 is 1.65 bits per heavy atom. The van der Waals surface area contributed by atoms with E-state index >= 15 is 0 Å². The monoisotopic (exact) mass is 1140 g/mol. The van der Waals surface area contributed by atoms with Gasteiger partial charge in [-0.3, -0.25) is 9.59 Å². The molecule has 0 aliphatic carbocycles. The third-order valence-electron chi connectivity index (χ3n) is 13.5. The number of hydrogen-bond donors (Lipinski definition) is 2. The minimum atomic E-state index is -1.88. The summed E-state index contributed by atoms with van der Waals surface area (Å²) in [6.07, 6.45) is 10.5. The van der Waals surface area contributed by atoms with Gasteiger partial charge in [-0.1, -0.05) is 113 Å². The summed E-state index contributed by atoms with van der Waals surface area (Å²) in [6, 6.07) is 23.2. The second-order valence-electron chi connectivity index (χ2n) is 21.2. The first-order chi connectivity index (χ1) is 35.1. The summed E-state index contributed by atoms with van der Waals surface area (Å²) >= 11 is 6.16. The number of hydrogen-bond acceptors (Lipinski definition) is 12. The largest absolute Gasteiger partial charge is 0.459 e. The Balaban J connectivity index is 0.000000261. The number of nitrogens with zero attached hydrogens (tertiary/aromatic N) is 2. The van der Waals surface area contributed by atoms with Crippen LogP contribution in [0, 0.1) is 0 Å². The molecule has 74 heavy (non-hydrogen) atoms. The number of aliphatic hydroxyl groups is 2. The molecule has 2 aliphatic heterocycles. The number of carbonyl (C=O) groups is 4. The summed E-state index contributed by atoms with van der Waals surface area (Å²) in [7, 11) is -1.88. The van der Waals surface area contributed by atoms with Gasteiger partial charge in [0.2, 0.25) is 11.8 Å². The SMILES string of the molecule is CC(C)OC(=O)c1ccc(CBr)s1.CCCCC[C@H](O)c1ccc(N2C(=O)CCC2COCc2ccc(C(=O)OC(C)C)s2)cc1.CCCCC[C@H](O[Si](C)(C)C(C)(C)C)c1ccc(N2C(=O)CC[C@@H]2CO)cc1. The van der Waals surface area contributed by atoms with Crippen molar-refractivity contribution in [2.24, 2.45) is 0 Å². The Hall–Kier alpha value is -3.74. The van der Waals surface area contributed by atoms with E-state index in [0.717, 1.165) is 83.4 Å². The van der Waals surface area contributed by atoms with Crippen LogP contribution in [0.4, 0.5) is 11.4 Å². The quantitative estimate of drug-likeness (QED) is 0.0300. The van der Waals surface area contributed by atoms with E-state index in [1.54, 1.807) is 17.0 Å². The maximum absolute atomic E-state index is 12.5. The molecule has 4 aromatic rings. The highest BCUT2D eigenvalue weighted by Crippen LogP contribution is 2.41. The van der Waals surface area contributed by atoms with Crippen molar-refractivity contribution in [3.63, 3.8) is 0 Å². The molecule has 410 valence electrons. The van der Waals surface area contributed by atoms with Crippen LogP contribution in [-0.2, 0) is 40.2 Å². The summed E-state index contributed by atoms with van der Waals surface area (Å²) in [5.41, 5.74) is 3.80. The Kier molecular flexibility index (Phi) is 26.2. The molecule has 6 rings (SSSR count). The van der Waals surface area contributed by atoms with Crippen molar-refractivity contribution in [1.29, 1.82) is 0 Å². The lowest BCUT2D eigenvalue weighted by Crippen LogP contribution is -2.41. The standard InChI is InChI=1S/C26H35NO5S.C23H39NO3Si.C9H11BrO2S/c1-4-5-6-7-23(28)19-8-10-20(11-9-19)27-21(12-15-25(27)29)16-31-17-22-13-14-24(33-22)26(30)32-18(2)3;1-7-8-9-10-21(27-28(5,6)23(2,3)4)18-11-13-19(14-12-18)24-20(17-25)15-16-22(24)26;1-6(2)12-9(11)8-4-3-7(5-10)13-8/h8-11,13-14,18,21,23,28H,4-7,12,15-17H2,1-3H3;11-14,20-21,25H,7-10,15-17H2,1-6H3;3-4,6H,5H2,1-2H3/t21?,23-;20-,21+;/m01./s1. The van der Waals surface area contributed by atoms with Crippen LogP contribution in [0.1, 0.15) is 192 Å². The number of amides is 2. The van der Waals surface area contributed by atoms with Crippen LogP contribution in [0.15, 0.2) is 72.8 Å². The molecule has 12 nitrogen and oxygen atoms in total. The third kappa shape index (κ3) is 19.4. The average molecular weight is 1140 g/mol. The van der Waals surface area contributed by atoms with Gasteiger partial charge in [0.25, 0.3) is 0 Å². The summed E-state index contributed by atoms with van der Waals surface area (Å²) in [5.74, 6) is -0.349. The van der Waals surface area contributed by atoms with Crippen molar-refractivity contribution in [3.05, 3.63) is 103 Å². The van der Waals surface area contributed by atoms with Crippen LogP contribution < -0.4 is 9.80 Å². The molecular weight excluding hydrogens is 1060 g/mol. The molecule has 2 aromatic carbocycles. The molecule has 16 heteroatoms. The summed E-state index contributed by atoms with van der Waals surface area (Å²) in [4.78, 5) is 55.0. The highest BCUT2D eigenvalue weighted by atomic mass is 79.9. The number of alkyl halides is 1. The lowest BCUT2D eigenvalue weighted by Gasteiger charge is -2.39. The molecule has 0 radical (unpaired) electrons. The number of ether oxygens (including phenoxy) is 3. The summed E-state index contributed by atoms with van der Waals surface area (Å²) < 4.78 is 23.0. The minimum absolute atomic E-state index is 0.0155. The topological polar surface area (TPSA) is 152 Å². The van der Waals surface area contributed by atoms with Crippen molar-refractivity contribution in [2.45, 2.75) is 206 Å². The Labute approximate surface area is 459 Å². The van der Waals surface area contributed by atoms with E-state index in [0.29, 0.717) is 35.8 Å². The maximum Gasteiger partial charge on any atom is 0.348 e. The number of carbonyl (C=O) groups excluding carboxylic acids is 4. The predicted molar refractivity (Wildman–Crippen MR) is 307 cm³/mol. The summed E-state index contributed by atoms with van der Waals surface area (Å²) in [5, 5.41) is 20.9. The fraction of sp³-hybridized carbons (Fsp3) is 0.586. The summed E-state index contributed by atoms with van der Waals surface area (Å²) in [6.45, 7) is 24.0. The van der Waals surface area contributed by atoms with E-state index in [1.165, 1.54) is 41.1 Å². The molecule has 4 heterocycles. The lowest BCUT2D eigenvalue weighted by atomic mass is 10.0. The van der Waals surface area contributed by atoms with Crippen LogP contribution in [0.5, 0.6) is 0 Å². The van der Waals surface area contributed by atoms with E-state index in [2.05, 4.69) is 75.8 Å². The zero-order valence-electron chi connectivity index (χ0n) is 46.0.